The van der Waals surface area contributed by atoms with Gasteiger partial charge in [-0.3, -0.25) is 9.59 Å². The summed E-state index contributed by atoms with van der Waals surface area (Å²) in [5.41, 5.74) is 2.55. The van der Waals surface area contributed by atoms with Gasteiger partial charge in [0.25, 0.3) is 0 Å². The zero-order valence-electron chi connectivity index (χ0n) is 14.1. The van der Waals surface area contributed by atoms with E-state index in [1.54, 1.807) is 12.1 Å². The molecule has 0 fully saturated rings. The molecule has 24 heavy (non-hydrogen) atoms. The molecule has 2 N–H and O–H groups in total. The third kappa shape index (κ3) is 4.84. The van der Waals surface area contributed by atoms with E-state index in [9.17, 15) is 9.59 Å². The summed E-state index contributed by atoms with van der Waals surface area (Å²) in [6.45, 7) is 3.80. The fraction of sp³-hybridized carbons (Fsp3) is 0.263. The number of methoxy groups -OCH3 is 1. The van der Waals surface area contributed by atoms with E-state index in [4.69, 9.17) is 4.74 Å². The van der Waals surface area contributed by atoms with E-state index in [1.807, 2.05) is 50.2 Å². The summed E-state index contributed by atoms with van der Waals surface area (Å²) >= 11 is 0. The lowest BCUT2D eigenvalue weighted by atomic mass is 10.1. The summed E-state index contributed by atoms with van der Waals surface area (Å²) in [4.78, 5) is 24.1. The van der Waals surface area contributed by atoms with Crippen LogP contribution < -0.4 is 15.4 Å². The normalized spacial score (nSPS) is 11.5. The zero-order valence-corrected chi connectivity index (χ0v) is 14.1. The molecule has 0 heterocycles. The highest BCUT2D eigenvalue weighted by Crippen LogP contribution is 2.25. The molecule has 0 bridgehead atoms. The summed E-state index contributed by atoms with van der Waals surface area (Å²) in [6, 6.07) is 14.9. The molecule has 0 aliphatic rings. The second kappa shape index (κ2) is 8.15. The number of carbonyl (C=O) groups is 2. The van der Waals surface area contributed by atoms with Crippen molar-refractivity contribution in [1.29, 1.82) is 0 Å². The first kappa shape index (κ1) is 17.5. The number of amides is 2. The highest BCUT2D eigenvalue weighted by molar-refractivity contribution is 6.04. The highest BCUT2D eigenvalue weighted by Gasteiger charge is 2.14. The van der Waals surface area contributed by atoms with Gasteiger partial charge in [-0.15, -0.1) is 0 Å². The molecular weight excluding hydrogens is 304 g/mol. The molecule has 5 nitrogen and oxygen atoms in total. The van der Waals surface area contributed by atoms with Crippen molar-refractivity contribution in [3.05, 3.63) is 59.7 Å². The first-order valence-electron chi connectivity index (χ1n) is 7.78. The Hall–Kier alpha value is -2.82. The molecule has 0 saturated heterocycles. The summed E-state index contributed by atoms with van der Waals surface area (Å²) in [5.74, 6) is -0.140. The second-order valence-electron chi connectivity index (χ2n) is 5.63. The zero-order chi connectivity index (χ0) is 17.5. The van der Waals surface area contributed by atoms with Gasteiger partial charge in [-0.05, 0) is 37.1 Å². The van der Waals surface area contributed by atoms with Gasteiger partial charge in [0.05, 0.1) is 18.8 Å². The molecule has 2 aromatic carbocycles. The lowest BCUT2D eigenvalue weighted by molar-refractivity contribution is -0.127. The maximum Gasteiger partial charge on any atom is 0.233 e. The molecule has 0 saturated carbocycles. The Balaban J connectivity index is 1.92. The number of carbonyl (C=O) groups excluding carboxylic acids is 2. The predicted molar refractivity (Wildman–Crippen MR) is 94.0 cm³/mol. The van der Waals surface area contributed by atoms with Crippen molar-refractivity contribution in [3.8, 4) is 5.75 Å². The van der Waals surface area contributed by atoms with Gasteiger partial charge in [-0.2, -0.15) is 0 Å². The number of anilines is 1. The molecule has 1 unspecified atom stereocenters. The summed E-state index contributed by atoms with van der Waals surface area (Å²) in [5, 5.41) is 5.54. The van der Waals surface area contributed by atoms with Crippen molar-refractivity contribution in [3.63, 3.8) is 0 Å². The maximum atomic E-state index is 12.1. The minimum absolute atomic E-state index is 0.153. The minimum atomic E-state index is -0.378. The average molecular weight is 326 g/mol. The van der Waals surface area contributed by atoms with Crippen LogP contribution in [0.5, 0.6) is 5.75 Å². The smallest absolute Gasteiger partial charge is 0.233 e. The Morgan fingerprint density at radius 3 is 2.46 bits per heavy atom. The highest BCUT2D eigenvalue weighted by atomic mass is 16.5. The number of benzene rings is 2. The second-order valence-corrected chi connectivity index (χ2v) is 5.63. The van der Waals surface area contributed by atoms with Gasteiger partial charge in [-0.25, -0.2) is 0 Å². The molecular formula is C19H22N2O3. The maximum absolute atomic E-state index is 12.1. The van der Waals surface area contributed by atoms with Crippen LogP contribution >= 0.6 is 0 Å². The Labute approximate surface area is 142 Å². The van der Waals surface area contributed by atoms with Crippen LogP contribution in [0.15, 0.2) is 48.5 Å². The van der Waals surface area contributed by atoms with Crippen LogP contribution in [0.25, 0.3) is 0 Å². The first-order valence-corrected chi connectivity index (χ1v) is 7.78. The average Bonchev–Trinajstić information content (AvgIpc) is 2.55. The third-order valence-corrected chi connectivity index (χ3v) is 3.63. The van der Waals surface area contributed by atoms with Crippen LogP contribution in [0.4, 0.5) is 5.69 Å². The number of hydrogen-bond donors (Lipinski definition) is 2. The van der Waals surface area contributed by atoms with E-state index in [0.717, 1.165) is 11.1 Å². The van der Waals surface area contributed by atoms with Crippen molar-refractivity contribution < 1.29 is 14.3 Å². The Bertz CT molecular complexity index is 714. The third-order valence-electron chi connectivity index (χ3n) is 3.63. The molecule has 126 valence electrons. The molecule has 2 amide bonds. The largest absolute Gasteiger partial charge is 0.495 e. The SMILES string of the molecule is COc1ccc(C)cc1NC(=O)CC(=O)NC(C)c1ccccc1. The lowest BCUT2D eigenvalue weighted by Crippen LogP contribution is -2.30. The fourth-order valence-electron chi connectivity index (χ4n) is 2.38. The topological polar surface area (TPSA) is 67.4 Å². The van der Waals surface area contributed by atoms with E-state index < -0.39 is 0 Å². The van der Waals surface area contributed by atoms with E-state index in [2.05, 4.69) is 10.6 Å². The van der Waals surface area contributed by atoms with E-state index in [0.29, 0.717) is 11.4 Å². The Morgan fingerprint density at radius 2 is 1.79 bits per heavy atom. The summed E-state index contributed by atoms with van der Waals surface area (Å²) < 4.78 is 5.21. The van der Waals surface area contributed by atoms with Crippen molar-refractivity contribution in [2.45, 2.75) is 26.3 Å². The summed E-state index contributed by atoms with van der Waals surface area (Å²) in [7, 11) is 1.54. The molecule has 0 aromatic heterocycles. The van der Waals surface area contributed by atoms with Gasteiger partial charge in [0, 0.05) is 0 Å². The number of aryl methyl sites for hydroxylation is 1. The molecule has 0 radical (unpaired) electrons. The molecule has 2 aromatic rings. The van der Waals surface area contributed by atoms with Crippen molar-refractivity contribution in [2.75, 3.05) is 12.4 Å². The summed E-state index contributed by atoms with van der Waals surface area (Å²) in [6.07, 6.45) is -0.242. The van der Waals surface area contributed by atoms with Crippen LogP contribution in [-0.2, 0) is 9.59 Å². The van der Waals surface area contributed by atoms with E-state index in [-0.39, 0.29) is 24.3 Å². The van der Waals surface area contributed by atoms with Crippen molar-refractivity contribution in [2.24, 2.45) is 0 Å². The van der Waals surface area contributed by atoms with Crippen LogP contribution in [0.2, 0.25) is 0 Å². The minimum Gasteiger partial charge on any atom is -0.495 e. The number of hydrogen-bond acceptors (Lipinski definition) is 3. The Morgan fingerprint density at radius 1 is 1.08 bits per heavy atom. The monoisotopic (exact) mass is 326 g/mol. The quantitative estimate of drug-likeness (QED) is 0.801. The molecule has 1 atom stereocenters. The Kier molecular flexibility index (Phi) is 5.95. The lowest BCUT2D eigenvalue weighted by Gasteiger charge is -2.15. The van der Waals surface area contributed by atoms with Crippen LogP contribution in [0.1, 0.15) is 30.5 Å². The van der Waals surface area contributed by atoms with E-state index in [1.165, 1.54) is 7.11 Å². The fourth-order valence-corrected chi connectivity index (χ4v) is 2.38. The van der Waals surface area contributed by atoms with Crippen LogP contribution in [-0.4, -0.2) is 18.9 Å². The number of ether oxygens (including phenoxy) is 1. The molecule has 2 rings (SSSR count). The number of rotatable bonds is 6. The molecule has 0 aliphatic heterocycles. The van der Waals surface area contributed by atoms with Crippen molar-refractivity contribution in [1.82, 2.24) is 5.32 Å². The van der Waals surface area contributed by atoms with Gasteiger partial charge < -0.3 is 15.4 Å². The first-order chi connectivity index (χ1) is 11.5. The van der Waals surface area contributed by atoms with Gasteiger partial charge >= 0.3 is 0 Å². The van der Waals surface area contributed by atoms with Crippen molar-refractivity contribution >= 4 is 17.5 Å². The molecule has 0 aliphatic carbocycles. The van der Waals surface area contributed by atoms with Crippen LogP contribution in [0.3, 0.4) is 0 Å². The van der Waals surface area contributed by atoms with Crippen LogP contribution in [0, 0.1) is 6.92 Å². The van der Waals surface area contributed by atoms with Gasteiger partial charge in [0.15, 0.2) is 0 Å². The number of nitrogens with one attached hydrogen (secondary N) is 2. The standard InChI is InChI=1S/C19H22N2O3/c1-13-9-10-17(24-3)16(11-13)21-19(23)12-18(22)20-14(2)15-7-5-4-6-8-15/h4-11,14H,12H2,1-3H3,(H,20,22)(H,21,23). The van der Waals surface area contributed by atoms with Gasteiger partial charge in [0.1, 0.15) is 12.2 Å². The van der Waals surface area contributed by atoms with Gasteiger partial charge in [0.2, 0.25) is 11.8 Å². The van der Waals surface area contributed by atoms with E-state index >= 15 is 0 Å². The molecule has 5 heteroatoms. The predicted octanol–water partition coefficient (Wildman–Crippen LogP) is 3.21. The molecule has 0 spiro atoms. The van der Waals surface area contributed by atoms with Gasteiger partial charge in [-0.1, -0.05) is 36.4 Å².